The number of benzene rings is 1. The van der Waals surface area contributed by atoms with Gasteiger partial charge >= 0.3 is 0 Å². The maximum Gasteiger partial charge on any atom is 0.123 e. The zero-order valence-electron chi connectivity index (χ0n) is 11.3. The first-order valence-corrected chi connectivity index (χ1v) is 7.00. The van der Waals surface area contributed by atoms with E-state index in [-0.39, 0.29) is 0 Å². The molecule has 0 unspecified atom stereocenters. The SMILES string of the molecule is CCCN(CCOc1ccccc1CN)C1CC1. The summed E-state index contributed by atoms with van der Waals surface area (Å²) in [5, 5.41) is 0. The van der Waals surface area contributed by atoms with Crippen molar-refractivity contribution in [2.45, 2.75) is 38.8 Å². The van der Waals surface area contributed by atoms with Crippen molar-refractivity contribution in [3.8, 4) is 5.75 Å². The molecule has 18 heavy (non-hydrogen) atoms. The second-order valence-electron chi connectivity index (χ2n) is 4.93. The molecule has 100 valence electrons. The van der Waals surface area contributed by atoms with Crippen LogP contribution in [0.3, 0.4) is 0 Å². The van der Waals surface area contributed by atoms with Crippen molar-refractivity contribution in [2.24, 2.45) is 5.73 Å². The van der Waals surface area contributed by atoms with Gasteiger partial charge in [-0.25, -0.2) is 0 Å². The average molecular weight is 248 g/mol. The van der Waals surface area contributed by atoms with E-state index in [9.17, 15) is 0 Å². The van der Waals surface area contributed by atoms with Crippen LogP contribution in [0.1, 0.15) is 31.7 Å². The van der Waals surface area contributed by atoms with Gasteiger partial charge in [0.25, 0.3) is 0 Å². The maximum atomic E-state index is 5.86. The van der Waals surface area contributed by atoms with Crippen molar-refractivity contribution in [1.29, 1.82) is 0 Å². The van der Waals surface area contributed by atoms with Crippen molar-refractivity contribution in [2.75, 3.05) is 19.7 Å². The van der Waals surface area contributed by atoms with Gasteiger partial charge in [0.2, 0.25) is 0 Å². The zero-order valence-corrected chi connectivity index (χ0v) is 11.3. The molecule has 0 aromatic heterocycles. The Morgan fingerprint density at radius 3 is 2.72 bits per heavy atom. The number of ether oxygens (including phenoxy) is 1. The molecule has 2 rings (SSSR count). The van der Waals surface area contributed by atoms with Crippen LogP contribution >= 0.6 is 0 Å². The first kappa shape index (κ1) is 13.4. The third kappa shape index (κ3) is 3.72. The molecule has 0 spiro atoms. The van der Waals surface area contributed by atoms with Crippen LogP contribution in [0, 0.1) is 0 Å². The summed E-state index contributed by atoms with van der Waals surface area (Å²) in [6, 6.07) is 8.85. The highest BCUT2D eigenvalue weighted by Gasteiger charge is 2.27. The van der Waals surface area contributed by atoms with Gasteiger partial charge in [-0.3, -0.25) is 4.90 Å². The number of para-hydroxylation sites is 1. The van der Waals surface area contributed by atoms with E-state index < -0.39 is 0 Å². The van der Waals surface area contributed by atoms with E-state index in [1.54, 1.807) is 0 Å². The fourth-order valence-electron chi connectivity index (χ4n) is 2.29. The molecule has 1 aliphatic carbocycles. The van der Waals surface area contributed by atoms with Crippen LogP contribution in [0.25, 0.3) is 0 Å². The van der Waals surface area contributed by atoms with Crippen LogP contribution in [0.4, 0.5) is 0 Å². The minimum Gasteiger partial charge on any atom is -0.492 e. The molecule has 3 heteroatoms. The Hall–Kier alpha value is -1.06. The summed E-state index contributed by atoms with van der Waals surface area (Å²) >= 11 is 0. The molecule has 0 amide bonds. The molecule has 2 N–H and O–H groups in total. The van der Waals surface area contributed by atoms with E-state index in [1.807, 2.05) is 24.3 Å². The molecule has 0 radical (unpaired) electrons. The normalized spacial score (nSPS) is 15.1. The monoisotopic (exact) mass is 248 g/mol. The van der Waals surface area contributed by atoms with Crippen LogP contribution in [0.5, 0.6) is 5.75 Å². The van der Waals surface area contributed by atoms with Crippen LogP contribution in [0.2, 0.25) is 0 Å². The molecule has 1 aromatic carbocycles. The summed E-state index contributed by atoms with van der Waals surface area (Å²) in [5.41, 5.74) is 6.79. The first-order valence-electron chi connectivity index (χ1n) is 7.00. The number of hydrogen-bond donors (Lipinski definition) is 1. The molecular formula is C15H24N2O. The molecule has 3 nitrogen and oxygen atoms in total. The Morgan fingerprint density at radius 1 is 1.28 bits per heavy atom. The van der Waals surface area contributed by atoms with Crippen LogP contribution in [0.15, 0.2) is 24.3 Å². The third-order valence-corrected chi connectivity index (χ3v) is 3.40. The van der Waals surface area contributed by atoms with Crippen LogP contribution in [-0.2, 0) is 6.54 Å². The molecule has 0 aliphatic heterocycles. The van der Waals surface area contributed by atoms with E-state index in [0.717, 1.165) is 30.5 Å². The molecule has 0 atom stereocenters. The topological polar surface area (TPSA) is 38.5 Å². The molecular weight excluding hydrogens is 224 g/mol. The summed E-state index contributed by atoms with van der Waals surface area (Å²) in [5.74, 6) is 0.937. The molecule has 1 aromatic rings. The van der Waals surface area contributed by atoms with E-state index in [1.165, 1.54) is 25.8 Å². The van der Waals surface area contributed by atoms with Gasteiger partial charge in [-0.1, -0.05) is 25.1 Å². The van der Waals surface area contributed by atoms with Gasteiger partial charge in [-0.05, 0) is 31.9 Å². The molecule has 0 saturated heterocycles. The first-order chi connectivity index (χ1) is 8.85. The fraction of sp³-hybridized carbons (Fsp3) is 0.600. The summed E-state index contributed by atoms with van der Waals surface area (Å²) < 4.78 is 5.86. The molecule has 1 aliphatic rings. The predicted molar refractivity (Wildman–Crippen MR) is 74.7 cm³/mol. The van der Waals surface area contributed by atoms with Gasteiger partial charge in [0, 0.05) is 24.7 Å². The van der Waals surface area contributed by atoms with E-state index in [0.29, 0.717) is 6.54 Å². The van der Waals surface area contributed by atoms with Gasteiger partial charge in [0.15, 0.2) is 0 Å². The fourth-order valence-corrected chi connectivity index (χ4v) is 2.29. The second-order valence-corrected chi connectivity index (χ2v) is 4.93. The van der Waals surface area contributed by atoms with Crippen molar-refractivity contribution >= 4 is 0 Å². The molecule has 1 saturated carbocycles. The van der Waals surface area contributed by atoms with E-state index >= 15 is 0 Å². The Bertz CT molecular complexity index is 363. The number of rotatable bonds is 8. The van der Waals surface area contributed by atoms with Gasteiger partial charge in [0.1, 0.15) is 12.4 Å². The lowest BCUT2D eigenvalue weighted by Gasteiger charge is -2.21. The van der Waals surface area contributed by atoms with Gasteiger partial charge in [0.05, 0.1) is 0 Å². The van der Waals surface area contributed by atoms with Gasteiger partial charge in [-0.2, -0.15) is 0 Å². The van der Waals surface area contributed by atoms with Gasteiger partial charge in [-0.15, -0.1) is 0 Å². The number of hydrogen-bond acceptors (Lipinski definition) is 3. The van der Waals surface area contributed by atoms with E-state index in [4.69, 9.17) is 10.5 Å². The summed E-state index contributed by atoms with van der Waals surface area (Å²) in [7, 11) is 0. The van der Waals surface area contributed by atoms with Crippen molar-refractivity contribution in [3.05, 3.63) is 29.8 Å². The van der Waals surface area contributed by atoms with Crippen LogP contribution in [-0.4, -0.2) is 30.6 Å². The number of nitrogens with zero attached hydrogens (tertiary/aromatic N) is 1. The van der Waals surface area contributed by atoms with Crippen molar-refractivity contribution < 1.29 is 4.74 Å². The zero-order chi connectivity index (χ0) is 12.8. The largest absolute Gasteiger partial charge is 0.492 e. The highest BCUT2D eigenvalue weighted by atomic mass is 16.5. The molecule has 0 bridgehead atoms. The summed E-state index contributed by atoms with van der Waals surface area (Å²) in [6.07, 6.45) is 3.94. The Kier molecular flexibility index (Phi) is 5.02. The van der Waals surface area contributed by atoms with E-state index in [2.05, 4.69) is 11.8 Å². The maximum absolute atomic E-state index is 5.86. The minimum atomic E-state index is 0.539. The average Bonchev–Trinajstić information content (AvgIpc) is 3.22. The van der Waals surface area contributed by atoms with Gasteiger partial charge < -0.3 is 10.5 Å². The quantitative estimate of drug-likeness (QED) is 0.767. The lowest BCUT2D eigenvalue weighted by atomic mass is 10.2. The molecule has 1 fully saturated rings. The standard InChI is InChI=1S/C15H24N2O/c1-2-9-17(14-7-8-14)10-11-18-15-6-4-3-5-13(15)12-16/h3-6,14H,2,7-12,16H2,1H3. The highest BCUT2D eigenvalue weighted by Crippen LogP contribution is 2.26. The predicted octanol–water partition coefficient (Wildman–Crippen LogP) is 2.40. The Labute approximate surface area is 110 Å². The highest BCUT2D eigenvalue weighted by molar-refractivity contribution is 5.32. The second kappa shape index (κ2) is 6.76. The smallest absolute Gasteiger partial charge is 0.123 e. The third-order valence-electron chi connectivity index (χ3n) is 3.40. The lowest BCUT2D eigenvalue weighted by molar-refractivity contribution is 0.201. The Morgan fingerprint density at radius 2 is 2.06 bits per heavy atom. The Balaban J connectivity index is 1.79. The summed E-state index contributed by atoms with van der Waals surface area (Å²) in [4.78, 5) is 2.55. The summed E-state index contributed by atoms with van der Waals surface area (Å²) in [6.45, 7) is 5.74. The van der Waals surface area contributed by atoms with Crippen LogP contribution < -0.4 is 10.5 Å². The van der Waals surface area contributed by atoms with Crippen molar-refractivity contribution in [1.82, 2.24) is 4.90 Å². The van der Waals surface area contributed by atoms with Crippen molar-refractivity contribution in [3.63, 3.8) is 0 Å². The molecule has 0 heterocycles. The number of nitrogens with two attached hydrogens (primary N) is 1. The minimum absolute atomic E-state index is 0.539. The lowest BCUT2D eigenvalue weighted by Crippen LogP contribution is -2.31.